The first-order chi connectivity index (χ1) is 9.11. The van der Waals surface area contributed by atoms with Crippen LogP contribution in [0, 0.1) is 6.92 Å². The van der Waals surface area contributed by atoms with Gasteiger partial charge in [0.25, 0.3) is 0 Å². The van der Waals surface area contributed by atoms with Gasteiger partial charge in [-0.1, -0.05) is 66.0 Å². The maximum Gasteiger partial charge on any atom is 0.0595 e. The van der Waals surface area contributed by atoms with Crippen LogP contribution in [-0.4, -0.2) is 6.54 Å². The van der Waals surface area contributed by atoms with Gasteiger partial charge in [0.1, 0.15) is 0 Å². The minimum Gasteiger partial charge on any atom is -0.307 e. The van der Waals surface area contributed by atoms with Crippen molar-refractivity contribution in [2.75, 3.05) is 6.54 Å². The number of hydrogen-bond donors (Lipinski definition) is 1. The zero-order valence-corrected chi connectivity index (χ0v) is 12.6. The highest BCUT2D eigenvalue weighted by Gasteiger charge is 2.13. The standard InChI is InChI=1S/C16H17Cl2N/c1-3-19-16(12-6-4-11(2)5-7-12)13-8-9-14(17)15(18)10-13/h4-10,16,19H,3H2,1-2H3. The number of rotatable bonds is 4. The van der Waals surface area contributed by atoms with Gasteiger partial charge in [0.05, 0.1) is 16.1 Å². The summed E-state index contributed by atoms with van der Waals surface area (Å²) in [5.74, 6) is 0. The van der Waals surface area contributed by atoms with Crippen molar-refractivity contribution in [1.29, 1.82) is 0 Å². The molecule has 1 nitrogen and oxygen atoms in total. The van der Waals surface area contributed by atoms with Gasteiger partial charge in [-0.2, -0.15) is 0 Å². The number of benzene rings is 2. The summed E-state index contributed by atoms with van der Waals surface area (Å²) >= 11 is 12.1. The maximum atomic E-state index is 6.11. The fourth-order valence-corrected chi connectivity index (χ4v) is 2.39. The Balaban J connectivity index is 2.38. The molecule has 0 fully saturated rings. The minimum atomic E-state index is 0.139. The van der Waals surface area contributed by atoms with Gasteiger partial charge in [0.2, 0.25) is 0 Å². The van der Waals surface area contributed by atoms with E-state index in [1.807, 2.05) is 18.2 Å². The van der Waals surface area contributed by atoms with Crippen LogP contribution >= 0.6 is 23.2 Å². The van der Waals surface area contributed by atoms with Crippen LogP contribution in [0.15, 0.2) is 42.5 Å². The Labute approximate surface area is 124 Å². The van der Waals surface area contributed by atoms with Crippen LogP contribution in [0.3, 0.4) is 0 Å². The van der Waals surface area contributed by atoms with Gasteiger partial charge in [0.15, 0.2) is 0 Å². The van der Waals surface area contributed by atoms with Crippen LogP contribution in [0.4, 0.5) is 0 Å². The summed E-state index contributed by atoms with van der Waals surface area (Å²) in [6.45, 7) is 5.07. The molecule has 0 saturated carbocycles. The van der Waals surface area contributed by atoms with E-state index in [9.17, 15) is 0 Å². The number of hydrogen-bond acceptors (Lipinski definition) is 1. The van der Waals surface area contributed by atoms with Crippen LogP contribution in [0.2, 0.25) is 10.0 Å². The summed E-state index contributed by atoms with van der Waals surface area (Å²) in [5.41, 5.74) is 3.61. The molecule has 2 aromatic rings. The topological polar surface area (TPSA) is 12.0 Å². The van der Waals surface area contributed by atoms with Crippen LogP contribution < -0.4 is 5.32 Å². The smallest absolute Gasteiger partial charge is 0.0595 e. The number of aryl methyl sites for hydroxylation is 1. The average Bonchev–Trinajstić information content (AvgIpc) is 2.41. The molecule has 1 unspecified atom stereocenters. The van der Waals surface area contributed by atoms with Crippen LogP contribution in [0.1, 0.15) is 29.7 Å². The average molecular weight is 294 g/mol. The molecular weight excluding hydrogens is 277 g/mol. The SMILES string of the molecule is CCNC(c1ccc(C)cc1)c1ccc(Cl)c(Cl)c1. The largest absolute Gasteiger partial charge is 0.307 e. The van der Waals surface area contributed by atoms with E-state index in [2.05, 4.69) is 43.4 Å². The van der Waals surface area contributed by atoms with E-state index in [4.69, 9.17) is 23.2 Å². The van der Waals surface area contributed by atoms with E-state index in [0.717, 1.165) is 12.1 Å². The fraction of sp³-hybridized carbons (Fsp3) is 0.250. The van der Waals surface area contributed by atoms with Crippen LogP contribution in [0.5, 0.6) is 0 Å². The van der Waals surface area contributed by atoms with E-state index in [0.29, 0.717) is 10.0 Å². The first-order valence-electron chi connectivity index (χ1n) is 6.36. The Morgan fingerprint density at radius 1 is 0.947 bits per heavy atom. The van der Waals surface area contributed by atoms with Gasteiger partial charge in [-0.05, 0) is 36.7 Å². The van der Waals surface area contributed by atoms with Gasteiger partial charge >= 0.3 is 0 Å². The van der Waals surface area contributed by atoms with Crippen molar-refractivity contribution >= 4 is 23.2 Å². The molecule has 2 aromatic carbocycles. The lowest BCUT2D eigenvalue weighted by Gasteiger charge is -2.19. The molecular formula is C16H17Cl2N. The molecule has 0 heterocycles. The molecule has 0 radical (unpaired) electrons. The van der Waals surface area contributed by atoms with E-state index < -0.39 is 0 Å². The molecule has 0 aliphatic heterocycles. The second-order valence-electron chi connectivity index (χ2n) is 4.57. The monoisotopic (exact) mass is 293 g/mol. The van der Waals surface area contributed by atoms with Crippen LogP contribution in [-0.2, 0) is 0 Å². The normalized spacial score (nSPS) is 12.4. The lowest BCUT2D eigenvalue weighted by atomic mass is 9.98. The van der Waals surface area contributed by atoms with Gasteiger partial charge in [-0.25, -0.2) is 0 Å². The first-order valence-corrected chi connectivity index (χ1v) is 7.12. The highest BCUT2D eigenvalue weighted by atomic mass is 35.5. The lowest BCUT2D eigenvalue weighted by molar-refractivity contribution is 0.630. The Kier molecular flexibility index (Phi) is 4.87. The molecule has 2 rings (SSSR count). The van der Waals surface area contributed by atoms with E-state index in [1.165, 1.54) is 11.1 Å². The first kappa shape index (κ1) is 14.4. The van der Waals surface area contributed by atoms with Gasteiger partial charge in [0, 0.05) is 0 Å². The summed E-state index contributed by atoms with van der Waals surface area (Å²) in [7, 11) is 0. The second kappa shape index (κ2) is 6.42. The van der Waals surface area contributed by atoms with Crippen LogP contribution in [0.25, 0.3) is 0 Å². The number of nitrogens with one attached hydrogen (secondary N) is 1. The predicted molar refractivity (Wildman–Crippen MR) is 83.2 cm³/mol. The zero-order valence-electron chi connectivity index (χ0n) is 11.1. The lowest BCUT2D eigenvalue weighted by Crippen LogP contribution is -2.21. The highest BCUT2D eigenvalue weighted by molar-refractivity contribution is 6.42. The fourth-order valence-electron chi connectivity index (χ4n) is 2.08. The summed E-state index contributed by atoms with van der Waals surface area (Å²) in [5, 5.41) is 4.66. The molecule has 0 aliphatic rings. The third-order valence-electron chi connectivity index (χ3n) is 3.10. The van der Waals surface area contributed by atoms with Gasteiger partial charge in [-0.15, -0.1) is 0 Å². The Hall–Kier alpha value is -1.02. The Morgan fingerprint density at radius 2 is 1.58 bits per heavy atom. The van der Waals surface area contributed by atoms with Crippen molar-refractivity contribution in [1.82, 2.24) is 5.32 Å². The maximum absolute atomic E-state index is 6.11. The molecule has 0 amide bonds. The summed E-state index contributed by atoms with van der Waals surface area (Å²) < 4.78 is 0. The van der Waals surface area contributed by atoms with E-state index in [-0.39, 0.29) is 6.04 Å². The molecule has 0 aliphatic carbocycles. The molecule has 0 saturated heterocycles. The van der Waals surface area contributed by atoms with Crippen molar-refractivity contribution in [2.24, 2.45) is 0 Å². The van der Waals surface area contributed by atoms with E-state index >= 15 is 0 Å². The molecule has 0 bridgehead atoms. The molecule has 19 heavy (non-hydrogen) atoms. The van der Waals surface area contributed by atoms with Gasteiger partial charge in [-0.3, -0.25) is 0 Å². The molecule has 100 valence electrons. The van der Waals surface area contributed by atoms with Gasteiger partial charge < -0.3 is 5.32 Å². The Morgan fingerprint density at radius 3 is 2.16 bits per heavy atom. The molecule has 0 spiro atoms. The predicted octanol–water partition coefficient (Wildman–Crippen LogP) is 5.00. The second-order valence-corrected chi connectivity index (χ2v) is 5.39. The molecule has 1 atom stereocenters. The number of halogens is 2. The van der Waals surface area contributed by atoms with Crippen molar-refractivity contribution in [3.8, 4) is 0 Å². The summed E-state index contributed by atoms with van der Waals surface area (Å²) in [4.78, 5) is 0. The Bertz CT molecular complexity index is 549. The molecule has 0 aromatic heterocycles. The zero-order chi connectivity index (χ0) is 13.8. The van der Waals surface area contributed by atoms with Crippen molar-refractivity contribution in [3.05, 3.63) is 69.2 Å². The van der Waals surface area contributed by atoms with Crippen molar-refractivity contribution in [2.45, 2.75) is 19.9 Å². The van der Waals surface area contributed by atoms with E-state index in [1.54, 1.807) is 0 Å². The minimum absolute atomic E-state index is 0.139. The third kappa shape index (κ3) is 3.50. The van der Waals surface area contributed by atoms with Crippen molar-refractivity contribution in [3.63, 3.8) is 0 Å². The molecule has 1 N–H and O–H groups in total. The summed E-state index contributed by atoms with van der Waals surface area (Å²) in [6, 6.07) is 14.5. The summed E-state index contributed by atoms with van der Waals surface area (Å²) in [6.07, 6.45) is 0. The highest BCUT2D eigenvalue weighted by Crippen LogP contribution is 2.29. The third-order valence-corrected chi connectivity index (χ3v) is 3.83. The quantitative estimate of drug-likeness (QED) is 0.836. The van der Waals surface area contributed by atoms with Crippen molar-refractivity contribution < 1.29 is 0 Å². The molecule has 3 heteroatoms.